The Balaban J connectivity index is 1.95. The molecule has 0 radical (unpaired) electrons. The summed E-state index contributed by atoms with van der Waals surface area (Å²) in [5.41, 5.74) is 0. The van der Waals surface area contributed by atoms with E-state index in [2.05, 4.69) is 34.6 Å². The fraction of sp³-hybridized carbons (Fsp3) is 0.938. The number of rotatable bonds is 9. The van der Waals surface area contributed by atoms with Gasteiger partial charge in [0, 0.05) is 20.1 Å². The van der Waals surface area contributed by atoms with Gasteiger partial charge in [0.1, 0.15) is 0 Å². The van der Waals surface area contributed by atoms with Gasteiger partial charge in [-0.25, -0.2) is 0 Å². The molecule has 0 heterocycles. The van der Waals surface area contributed by atoms with Crippen molar-refractivity contribution in [3.8, 4) is 0 Å². The van der Waals surface area contributed by atoms with Crippen molar-refractivity contribution < 1.29 is 0 Å². The quantitative estimate of drug-likeness (QED) is 0.388. The summed E-state index contributed by atoms with van der Waals surface area (Å²) < 4.78 is 0. The van der Waals surface area contributed by atoms with Gasteiger partial charge in [-0.2, -0.15) is 0 Å². The Bertz CT molecular complexity index is 257. The molecule has 0 atom stereocenters. The second-order valence-corrected chi connectivity index (χ2v) is 6.23. The van der Waals surface area contributed by atoms with Crippen molar-refractivity contribution in [2.45, 2.75) is 51.4 Å². The van der Waals surface area contributed by atoms with Gasteiger partial charge in [-0.15, -0.1) is 0 Å². The maximum atomic E-state index is 4.26. The van der Waals surface area contributed by atoms with Crippen LogP contribution in [0.2, 0.25) is 0 Å². The van der Waals surface area contributed by atoms with E-state index in [0.29, 0.717) is 0 Å². The van der Waals surface area contributed by atoms with Gasteiger partial charge in [0.05, 0.1) is 0 Å². The van der Waals surface area contributed by atoms with E-state index in [4.69, 9.17) is 0 Å². The van der Waals surface area contributed by atoms with Crippen LogP contribution in [0.3, 0.4) is 0 Å². The first-order valence-corrected chi connectivity index (χ1v) is 8.31. The van der Waals surface area contributed by atoms with Gasteiger partial charge >= 0.3 is 0 Å². The molecule has 4 heteroatoms. The van der Waals surface area contributed by atoms with Crippen LogP contribution < -0.4 is 10.6 Å². The lowest BCUT2D eigenvalue weighted by Gasteiger charge is -2.14. The number of hydrogen-bond donors (Lipinski definition) is 2. The fourth-order valence-corrected chi connectivity index (χ4v) is 2.89. The standard InChI is InChI=1S/C16H34N4/c1-17-16(19-13-8-14-20(2)3)18-12-7-6-11-15-9-4-5-10-15/h15H,4-14H2,1-3H3,(H2,17,18,19). The minimum Gasteiger partial charge on any atom is -0.356 e. The third-order valence-electron chi connectivity index (χ3n) is 4.10. The SMILES string of the molecule is CN=C(NCCCCC1CCCC1)NCCCN(C)C. The van der Waals surface area contributed by atoms with Crippen molar-refractivity contribution in [2.24, 2.45) is 10.9 Å². The Morgan fingerprint density at radius 1 is 1.05 bits per heavy atom. The molecule has 0 aromatic carbocycles. The van der Waals surface area contributed by atoms with E-state index >= 15 is 0 Å². The van der Waals surface area contributed by atoms with Crippen LogP contribution in [0.1, 0.15) is 51.4 Å². The molecule has 0 amide bonds. The lowest BCUT2D eigenvalue weighted by atomic mass is 10.0. The van der Waals surface area contributed by atoms with Gasteiger partial charge in [0.25, 0.3) is 0 Å². The van der Waals surface area contributed by atoms with E-state index in [0.717, 1.165) is 37.9 Å². The molecule has 0 saturated heterocycles. The number of nitrogens with zero attached hydrogens (tertiary/aromatic N) is 2. The number of unbranched alkanes of at least 4 members (excludes halogenated alkanes) is 1. The number of guanidine groups is 1. The molecule has 0 spiro atoms. The Morgan fingerprint density at radius 2 is 1.70 bits per heavy atom. The van der Waals surface area contributed by atoms with Crippen LogP contribution in [-0.4, -0.2) is 51.6 Å². The monoisotopic (exact) mass is 282 g/mol. The molecule has 0 aromatic rings. The minimum absolute atomic E-state index is 0.949. The van der Waals surface area contributed by atoms with E-state index in [1.165, 1.54) is 44.9 Å². The summed E-state index contributed by atoms with van der Waals surface area (Å²) in [7, 11) is 6.06. The zero-order valence-corrected chi connectivity index (χ0v) is 13.7. The first-order chi connectivity index (χ1) is 9.72. The van der Waals surface area contributed by atoms with Crippen LogP contribution in [0.25, 0.3) is 0 Å². The molecule has 1 aliphatic rings. The predicted octanol–water partition coefficient (Wildman–Crippen LogP) is 2.46. The van der Waals surface area contributed by atoms with Crippen molar-refractivity contribution in [2.75, 3.05) is 40.8 Å². The molecule has 0 aromatic heterocycles. The molecule has 0 unspecified atom stereocenters. The van der Waals surface area contributed by atoms with E-state index in [1.54, 1.807) is 0 Å². The van der Waals surface area contributed by atoms with Crippen LogP contribution >= 0.6 is 0 Å². The maximum absolute atomic E-state index is 4.26. The van der Waals surface area contributed by atoms with E-state index in [-0.39, 0.29) is 0 Å². The third-order valence-corrected chi connectivity index (χ3v) is 4.10. The largest absolute Gasteiger partial charge is 0.356 e. The molecule has 0 aliphatic heterocycles. The molecule has 4 nitrogen and oxygen atoms in total. The van der Waals surface area contributed by atoms with E-state index in [1.807, 2.05) is 7.05 Å². The van der Waals surface area contributed by atoms with Crippen molar-refractivity contribution in [3.63, 3.8) is 0 Å². The summed E-state index contributed by atoms with van der Waals surface area (Å²) in [6.07, 6.45) is 11.1. The molecule has 0 bridgehead atoms. The van der Waals surface area contributed by atoms with Crippen LogP contribution in [0.5, 0.6) is 0 Å². The summed E-state index contributed by atoms with van der Waals surface area (Å²) in [5.74, 6) is 1.98. The van der Waals surface area contributed by atoms with Crippen LogP contribution in [0, 0.1) is 5.92 Å². The zero-order chi connectivity index (χ0) is 14.6. The molecule has 118 valence electrons. The first-order valence-electron chi connectivity index (χ1n) is 8.31. The normalized spacial score (nSPS) is 16.9. The summed E-state index contributed by atoms with van der Waals surface area (Å²) in [5, 5.41) is 6.78. The lowest BCUT2D eigenvalue weighted by molar-refractivity contribution is 0.399. The van der Waals surface area contributed by atoms with Crippen molar-refractivity contribution >= 4 is 5.96 Å². The number of nitrogens with one attached hydrogen (secondary N) is 2. The smallest absolute Gasteiger partial charge is 0.190 e. The highest BCUT2D eigenvalue weighted by Crippen LogP contribution is 2.28. The van der Waals surface area contributed by atoms with E-state index in [9.17, 15) is 0 Å². The maximum Gasteiger partial charge on any atom is 0.190 e. The van der Waals surface area contributed by atoms with E-state index < -0.39 is 0 Å². The molecule has 1 saturated carbocycles. The highest BCUT2D eigenvalue weighted by molar-refractivity contribution is 5.79. The van der Waals surface area contributed by atoms with Gasteiger partial charge < -0.3 is 15.5 Å². The second kappa shape index (κ2) is 11.0. The molecular weight excluding hydrogens is 248 g/mol. The molecule has 1 fully saturated rings. The predicted molar refractivity (Wildman–Crippen MR) is 88.3 cm³/mol. The van der Waals surface area contributed by atoms with Crippen molar-refractivity contribution in [1.29, 1.82) is 0 Å². The fourth-order valence-electron chi connectivity index (χ4n) is 2.89. The topological polar surface area (TPSA) is 39.7 Å². The second-order valence-electron chi connectivity index (χ2n) is 6.23. The molecule has 1 aliphatic carbocycles. The van der Waals surface area contributed by atoms with Gasteiger partial charge in [-0.1, -0.05) is 38.5 Å². The molecule has 1 rings (SSSR count). The Hall–Kier alpha value is -0.770. The van der Waals surface area contributed by atoms with Gasteiger partial charge in [0.2, 0.25) is 0 Å². The molecule has 20 heavy (non-hydrogen) atoms. The van der Waals surface area contributed by atoms with Crippen molar-refractivity contribution in [3.05, 3.63) is 0 Å². The highest BCUT2D eigenvalue weighted by atomic mass is 15.2. The summed E-state index contributed by atoms with van der Waals surface area (Å²) >= 11 is 0. The van der Waals surface area contributed by atoms with Crippen LogP contribution in [-0.2, 0) is 0 Å². The summed E-state index contributed by atoms with van der Waals surface area (Å²) in [6, 6.07) is 0. The Morgan fingerprint density at radius 3 is 2.30 bits per heavy atom. The average Bonchev–Trinajstić information content (AvgIpc) is 2.93. The van der Waals surface area contributed by atoms with Crippen molar-refractivity contribution in [1.82, 2.24) is 15.5 Å². The van der Waals surface area contributed by atoms with Gasteiger partial charge in [0.15, 0.2) is 5.96 Å². The lowest BCUT2D eigenvalue weighted by Crippen LogP contribution is -2.38. The zero-order valence-electron chi connectivity index (χ0n) is 13.7. The summed E-state index contributed by atoms with van der Waals surface area (Å²) in [6.45, 7) is 3.14. The summed E-state index contributed by atoms with van der Waals surface area (Å²) in [4.78, 5) is 6.47. The highest BCUT2D eigenvalue weighted by Gasteiger charge is 2.13. The minimum atomic E-state index is 0.949. The Labute approximate surface area is 125 Å². The average molecular weight is 282 g/mol. The van der Waals surface area contributed by atoms with Gasteiger partial charge in [-0.05, 0) is 39.4 Å². The first kappa shape index (κ1) is 17.3. The third kappa shape index (κ3) is 8.41. The van der Waals surface area contributed by atoms with Crippen LogP contribution in [0.4, 0.5) is 0 Å². The van der Waals surface area contributed by atoms with Gasteiger partial charge in [-0.3, -0.25) is 4.99 Å². The molecular formula is C16H34N4. The Kier molecular flexibility index (Phi) is 9.46. The molecule has 2 N–H and O–H groups in total. The number of aliphatic imine (C=N–C) groups is 1. The number of hydrogen-bond acceptors (Lipinski definition) is 2. The van der Waals surface area contributed by atoms with Crippen LogP contribution in [0.15, 0.2) is 4.99 Å².